The molecule has 0 aliphatic heterocycles. The summed E-state index contributed by atoms with van der Waals surface area (Å²) in [5.41, 5.74) is 11.5. The van der Waals surface area contributed by atoms with Crippen molar-refractivity contribution in [3.63, 3.8) is 0 Å². The normalized spacial score (nSPS) is 14.3. The van der Waals surface area contributed by atoms with Crippen molar-refractivity contribution in [1.29, 1.82) is 0 Å². The van der Waals surface area contributed by atoms with Crippen LogP contribution in [0.15, 0.2) is 67.1 Å². The fourth-order valence-electron chi connectivity index (χ4n) is 5.07. The van der Waals surface area contributed by atoms with Gasteiger partial charge in [0.25, 0.3) is 0 Å². The van der Waals surface area contributed by atoms with Crippen molar-refractivity contribution in [2.24, 2.45) is 11.7 Å². The molecule has 1 aliphatic rings. The maximum absolute atomic E-state index is 14.6. The van der Waals surface area contributed by atoms with Gasteiger partial charge in [-0.15, -0.1) is 0 Å². The van der Waals surface area contributed by atoms with Crippen molar-refractivity contribution in [2.75, 3.05) is 11.6 Å². The summed E-state index contributed by atoms with van der Waals surface area (Å²) in [6.45, 7) is 0. The predicted octanol–water partition coefficient (Wildman–Crippen LogP) is 4.72. The molecule has 216 valence electrons. The zero-order chi connectivity index (χ0) is 29.9. The summed E-state index contributed by atoms with van der Waals surface area (Å²) >= 11 is 0. The van der Waals surface area contributed by atoms with Gasteiger partial charge in [-0.1, -0.05) is 6.07 Å². The molecule has 6 aromatic rings. The van der Waals surface area contributed by atoms with Crippen LogP contribution in [0.25, 0.3) is 55.8 Å². The van der Waals surface area contributed by atoms with Crippen molar-refractivity contribution < 1.29 is 17.6 Å². The number of rotatable bonds is 7. The number of pyridine rings is 2. The summed E-state index contributed by atoms with van der Waals surface area (Å²) in [5.74, 6) is -0.0902. The summed E-state index contributed by atoms with van der Waals surface area (Å²) < 4.78 is 38.7. The molecule has 5 N–H and O–H groups in total. The molecule has 1 saturated carbocycles. The van der Waals surface area contributed by atoms with Gasteiger partial charge in [0.05, 0.1) is 17.4 Å². The number of aromatic nitrogens is 6. The number of fused-ring (bicyclic) bond motifs is 2. The Morgan fingerprint density at radius 2 is 1.91 bits per heavy atom. The summed E-state index contributed by atoms with van der Waals surface area (Å²) in [4.78, 5) is 28.9. The first-order valence-corrected chi connectivity index (χ1v) is 15.4. The molecule has 0 bridgehead atoms. The van der Waals surface area contributed by atoms with E-state index in [2.05, 4.69) is 30.5 Å². The van der Waals surface area contributed by atoms with Crippen molar-refractivity contribution in [1.82, 2.24) is 30.1 Å². The molecule has 43 heavy (non-hydrogen) atoms. The molecule has 1 fully saturated rings. The molecule has 4 heterocycles. The number of amides is 1. The highest BCUT2D eigenvalue weighted by Gasteiger charge is 2.29. The summed E-state index contributed by atoms with van der Waals surface area (Å²) in [7, 11) is -3.65. The molecule has 13 heteroatoms. The third-order valence-electron chi connectivity index (χ3n) is 7.48. The number of nitrogens with two attached hydrogens (primary N) is 1. The first kappa shape index (κ1) is 26.9. The van der Waals surface area contributed by atoms with E-state index >= 15 is 0 Å². The van der Waals surface area contributed by atoms with E-state index in [0.29, 0.717) is 39.5 Å². The lowest BCUT2D eigenvalue weighted by Crippen LogP contribution is -2.20. The molecule has 1 atom stereocenters. The highest BCUT2D eigenvalue weighted by atomic mass is 32.2. The molecule has 0 radical (unpaired) electrons. The number of nitrogens with zero attached hydrogens (tertiary/aromatic N) is 4. The molecule has 4 aromatic heterocycles. The van der Waals surface area contributed by atoms with Crippen LogP contribution in [0, 0.1) is 11.7 Å². The Labute approximate surface area is 244 Å². The van der Waals surface area contributed by atoms with E-state index in [1.165, 1.54) is 6.07 Å². The second kappa shape index (κ2) is 10.1. The predicted molar refractivity (Wildman–Crippen MR) is 161 cm³/mol. The van der Waals surface area contributed by atoms with Crippen LogP contribution >= 0.6 is 0 Å². The highest BCUT2D eigenvalue weighted by molar-refractivity contribution is 7.90. The fraction of sp³-hybridized carbons (Fsp3) is 0.167. The number of hydrogen-bond acceptors (Lipinski definition) is 8. The number of sulfone groups is 1. The third kappa shape index (κ3) is 5.13. The molecule has 1 aliphatic carbocycles. The van der Waals surface area contributed by atoms with Crippen LogP contribution in [0.2, 0.25) is 0 Å². The van der Waals surface area contributed by atoms with Crippen molar-refractivity contribution >= 4 is 43.5 Å². The minimum atomic E-state index is -3.65. The monoisotopic (exact) mass is 596 g/mol. The first-order chi connectivity index (χ1) is 20.6. The second-order valence-corrected chi connectivity index (χ2v) is 12.9. The second-order valence-electron chi connectivity index (χ2n) is 10.7. The SMILES string of the molecule is CS(=O)(=O)C(N)c1cc(F)cc(-c2ccnc3[nH]c(-c4n[nH]c5ccc(-c6cncc(NC(=O)C7CC7)c6)cc45)nc23)c1. The summed E-state index contributed by atoms with van der Waals surface area (Å²) in [5, 5.41) is 9.88. The van der Waals surface area contributed by atoms with Gasteiger partial charge >= 0.3 is 0 Å². The molecular formula is C30H25FN8O3S. The van der Waals surface area contributed by atoms with Crippen LogP contribution in [0.1, 0.15) is 23.8 Å². The Balaban J connectivity index is 1.27. The maximum Gasteiger partial charge on any atom is 0.227 e. The van der Waals surface area contributed by atoms with Crippen molar-refractivity contribution in [3.05, 3.63) is 78.5 Å². The van der Waals surface area contributed by atoms with Crippen LogP contribution in [-0.4, -0.2) is 50.7 Å². The van der Waals surface area contributed by atoms with Gasteiger partial charge in [-0.3, -0.25) is 14.9 Å². The van der Waals surface area contributed by atoms with Gasteiger partial charge in [-0.05, 0) is 72.0 Å². The molecule has 1 unspecified atom stereocenters. The average molecular weight is 597 g/mol. The van der Waals surface area contributed by atoms with Crippen LogP contribution in [0.5, 0.6) is 0 Å². The van der Waals surface area contributed by atoms with E-state index in [-0.39, 0.29) is 17.4 Å². The minimum absolute atomic E-state index is 0.0112. The topological polar surface area (TPSA) is 172 Å². The van der Waals surface area contributed by atoms with Crippen LogP contribution in [-0.2, 0) is 14.6 Å². The molecule has 11 nitrogen and oxygen atoms in total. The molecule has 0 spiro atoms. The number of anilines is 1. The van der Waals surface area contributed by atoms with Gasteiger partial charge in [-0.25, -0.2) is 22.8 Å². The number of carbonyl (C=O) groups excluding carboxylic acids is 1. The number of nitrogens with one attached hydrogen (secondary N) is 3. The van der Waals surface area contributed by atoms with E-state index in [9.17, 15) is 17.6 Å². The van der Waals surface area contributed by atoms with Gasteiger partial charge in [0.2, 0.25) is 5.91 Å². The number of halogens is 1. The largest absolute Gasteiger partial charge is 0.324 e. The van der Waals surface area contributed by atoms with Crippen LogP contribution in [0.3, 0.4) is 0 Å². The lowest BCUT2D eigenvalue weighted by Gasteiger charge is -2.12. The molecule has 0 saturated heterocycles. The number of hydrogen-bond donors (Lipinski definition) is 4. The van der Waals surface area contributed by atoms with Gasteiger partial charge in [0.15, 0.2) is 21.3 Å². The molecule has 7 rings (SSSR count). The van der Waals surface area contributed by atoms with E-state index in [1.807, 2.05) is 24.3 Å². The standard InChI is InChI=1S/C30H25FN8O3S/c1-43(41,42)27(32)18-8-17(9-20(31)10-18)22-6-7-34-28-25(22)36-29(37-28)26-23-12-16(4-5-24(23)38-39-26)19-11-21(14-33-13-19)35-30(40)15-2-3-15/h4-15,27H,2-3,32H2,1H3,(H,35,40)(H,38,39)(H,34,36,37). The Kier molecular flexibility index (Phi) is 6.29. The third-order valence-corrected chi connectivity index (χ3v) is 8.67. The molecular weight excluding hydrogens is 571 g/mol. The number of aromatic amines is 2. The van der Waals surface area contributed by atoms with Gasteiger partial charge in [0.1, 0.15) is 22.4 Å². The van der Waals surface area contributed by atoms with E-state index in [0.717, 1.165) is 47.2 Å². The smallest absolute Gasteiger partial charge is 0.227 e. The Morgan fingerprint density at radius 1 is 1.07 bits per heavy atom. The van der Waals surface area contributed by atoms with Crippen molar-refractivity contribution in [2.45, 2.75) is 18.2 Å². The van der Waals surface area contributed by atoms with Gasteiger partial charge in [0, 0.05) is 41.1 Å². The fourth-order valence-corrected chi connectivity index (χ4v) is 5.70. The lowest BCUT2D eigenvalue weighted by molar-refractivity contribution is -0.117. The first-order valence-electron chi connectivity index (χ1n) is 13.5. The Bertz CT molecular complexity index is 2170. The maximum atomic E-state index is 14.6. The number of carbonyl (C=O) groups is 1. The van der Waals surface area contributed by atoms with E-state index in [4.69, 9.17) is 10.7 Å². The zero-order valence-corrected chi connectivity index (χ0v) is 23.6. The molecule has 2 aromatic carbocycles. The Morgan fingerprint density at radius 3 is 2.70 bits per heavy atom. The average Bonchev–Trinajstić information content (AvgIpc) is 3.62. The van der Waals surface area contributed by atoms with Crippen molar-refractivity contribution in [3.8, 4) is 33.8 Å². The number of H-pyrrole nitrogens is 2. The van der Waals surface area contributed by atoms with Crippen LogP contribution in [0.4, 0.5) is 10.1 Å². The lowest BCUT2D eigenvalue weighted by atomic mass is 10.0. The van der Waals surface area contributed by atoms with Gasteiger partial charge in [-0.2, -0.15) is 5.10 Å². The van der Waals surface area contributed by atoms with E-state index in [1.54, 1.807) is 30.7 Å². The highest BCUT2D eigenvalue weighted by Crippen LogP contribution is 2.35. The quantitative estimate of drug-likeness (QED) is 0.205. The number of benzene rings is 2. The number of imidazole rings is 1. The molecule has 1 amide bonds. The zero-order valence-electron chi connectivity index (χ0n) is 22.8. The summed E-state index contributed by atoms with van der Waals surface area (Å²) in [6.07, 6.45) is 7.75. The minimum Gasteiger partial charge on any atom is -0.324 e. The van der Waals surface area contributed by atoms with E-state index < -0.39 is 21.0 Å². The Hall–Kier alpha value is -5.01. The van der Waals surface area contributed by atoms with Crippen LogP contribution < -0.4 is 11.1 Å². The van der Waals surface area contributed by atoms with Gasteiger partial charge < -0.3 is 16.0 Å². The summed E-state index contributed by atoms with van der Waals surface area (Å²) in [6, 6.07) is 13.3.